The van der Waals surface area contributed by atoms with Crippen molar-refractivity contribution in [3.05, 3.63) is 63.3 Å². The molecule has 0 spiro atoms. The predicted octanol–water partition coefficient (Wildman–Crippen LogP) is 4.75. The molecule has 0 atom stereocenters. The fourth-order valence-electron chi connectivity index (χ4n) is 2.44. The van der Waals surface area contributed by atoms with Gasteiger partial charge in [-0.3, -0.25) is 0 Å². The summed E-state index contributed by atoms with van der Waals surface area (Å²) in [5.41, 5.74) is 1.29. The van der Waals surface area contributed by atoms with E-state index < -0.39 is 5.97 Å². The molecule has 3 rings (SSSR count). The largest absolute Gasteiger partial charge is 0.493 e. The molecule has 0 saturated heterocycles. The first kappa shape index (κ1) is 18.3. The smallest absolute Gasteiger partial charge is 0.363 e. The summed E-state index contributed by atoms with van der Waals surface area (Å²) >= 11 is 12.1. The number of carbonyl (C=O) groups is 1. The minimum absolute atomic E-state index is 0.128. The van der Waals surface area contributed by atoms with Gasteiger partial charge in [0.15, 0.2) is 17.2 Å². The summed E-state index contributed by atoms with van der Waals surface area (Å²) < 4.78 is 16.2. The zero-order valence-corrected chi connectivity index (χ0v) is 15.6. The normalized spacial score (nSPS) is 15.0. The van der Waals surface area contributed by atoms with Crippen molar-refractivity contribution in [2.24, 2.45) is 4.99 Å². The molecule has 0 amide bonds. The number of carbonyl (C=O) groups excluding carboxylic acids is 1. The van der Waals surface area contributed by atoms with Gasteiger partial charge < -0.3 is 14.2 Å². The number of halogens is 2. The number of cyclic esters (lactones) is 1. The molecule has 7 heteroatoms. The number of methoxy groups -OCH3 is 1. The number of hydrogen-bond acceptors (Lipinski definition) is 5. The summed E-state index contributed by atoms with van der Waals surface area (Å²) in [5.74, 6) is 0.656. The van der Waals surface area contributed by atoms with Gasteiger partial charge in [-0.2, -0.15) is 0 Å². The molecule has 0 unspecified atom stereocenters. The molecule has 1 aliphatic heterocycles. The second-order valence-corrected chi connectivity index (χ2v) is 6.12. The van der Waals surface area contributed by atoms with Gasteiger partial charge in [-0.1, -0.05) is 35.3 Å². The Hall–Kier alpha value is -2.50. The SMILES string of the molecule is CCOc1c(/C=C2\N=C(c3ccc(Cl)cc3Cl)OC2=O)cccc1OC. The summed E-state index contributed by atoms with van der Waals surface area (Å²) in [6.45, 7) is 2.32. The van der Waals surface area contributed by atoms with Gasteiger partial charge in [0, 0.05) is 10.6 Å². The van der Waals surface area contributed by atoms with Crippen LogP contribution in [0.5, 0.6) is 11.5 Å². The second kappa shape index (κ2) is 7.81. The van der Waals surface area contributed by atoms with Gasteiger partial charge in [-0.25, -0.2) is 9.79 Å². The third kappa shape index (κ3) is 3.69. The molecule has 0 N–H and O–H groups in total. The molecular formula is C19H15Cl2NO4. The van der Waals surface area contributed by atoms with E-state index in [1.165, 1.54) is 0 Å². The Bertz CT molecular complexity index is 922. The minimum atomic E-state index is -0.573. The third-order valence-corrected chi connectivity index (χ3v) is 4.14. The highest BCUT2D eigenvalue weighted by molar-refractivity contribution is 6.37. The summed E-state index contributed by atoms with van der Waals surface area (Å²) in [6.07, 6.45) is 1.59. The number of para-hydroxylation sites is 1. The van der Waals surface area contributed by atoms with Crippen molar-refractivity contribution in [2.45, 2.75) is 6.92 Å². The first-order chi connectivity index (χ1) is 12.5. The maximum atomic E-state index is 12.2. The van der Waals surface area contributed by atoms with E-state index in [2.05, 4.69) is 4.99 Å². The Labute approximate surface area is 160 Å². The van der Waals surface area contributed by atoms with Gasteiger partial charge in [-0.05, 0) is 37.3 Å². The molecule has 26 heavy (non-hydrogen) atoms. The Kier molecular flexibility index (Phi) is 5.49. The number of rotatable bonds is 5. The highest BCUT2D eigenvalue weighted by Crippen LogP contribution is 2.34. The summed E-state index contributed by atoms with van der Waals surface area (Å²) in [6, 6.07) is 10.2. The molecular weight excluding hydrogens is 377 g/mol. The molecule has 0 aromatic heterocycles. The van der Waals surface area contributed by atoms with Crippen molar-refractivity contribution >= 4 is 41.1 Å². The van der Waals surface area contributed by atoms with Crippen LogP contribution in [0.3, 0.4) is 0 Å². The Morgan fingerprint density at radius 2 is 2.04 bits per heavy atom. The Morgan fingerprint density at radius 1 is 1.23 bits per heavy atom. The lowest BCUT2D eigenvalue weighted by Gasteiger charge is -2.11. The van der Waals surface area contributed by atoms with Crippen molar-refractivity contribution in [3.63, 3.8) is 0 Å². The van der Waals surface area contributed by atoms with E-state index in [0.717, 1.165) is 0 Å². The van der Waals surface area contributed by atoms with Gasteiger partial charge in [0.1, 0.15) is 0 Å². The van der Waals surface area contributed by atoms with Crippen molar-refractivity contribution in [1.82, 2.24) is 0 Å². The van der Waals surface area contributed by atoms with Gasteiger partial charge in [0.2, 0.25) is 5.90 Å². The van der Waals surface area contributed by atoms with Crippen LogP contribution in [0.25, 0.3) is 6.08 Å². The molecule has 0 bridgehead atoms. The zero-order chi connectivity index (χ0) is 18.7. The lowest BCUT2D eigenvalue weighted by atomic mass is 10.1. The van der Waals surface area contributed by atoms with Gasteiger partial charge in [0.25, 0.3) is 0 Å². The summed E-state index contributed by atoms with van der Waals surface area (Å²) in [7, 11) is 1.55. The monoisotopic (exact) mass is 391 g/mol. The average Bonchev–Trinajstić information content (AvgIpc) is 2.97. The average molecular weight is 392 g/mol. The van der Waals surface area contributed by atoms with Crippen molar-refractivity contribution in [3.8, 4) is 11.5 Å². The van der Waals surface area contributed by atoms with Crippen LogP contribution < -0.4 is 9.47 Å². The molecule has 5 nitrogen and oxygen atoms in total. The van der Waals surface area contributed by atoms with Crippen LogP contribution >= 0.6 is 23.2 Å². The molecule has 0 saturated carbocycles. The number of esters is 1. The second-order valence-electron chi connectivity index (χ2n) is 5.27. The van der Waals surface area contributed by atoms with Gasteiger partial charge in [-0.15, -0.1) is 0 Å². The molecule has 0 radical (unpaired) electrons. The van der Waals surface area contributed by atoms with Crippen molar-refractivity contribution in [2.75, 3.05) is 13.7 Å². The third-order valence-electron chi connectivity index (χ3n) is 3.59. The zero-order valence-electron chi connectivity index (χ0n) is 14.1. The summed E-state index contributed by atoms with van der Waals surface area (Å²) in [5, 5.41) is 0.832. The van der Waals surface area contributed by atoms with Crippen LogP contribution in [0.1, 0.15) is 18.1 Å². The van der Waals surface area contributed by atoms with Gasteiger partial charge in [0.05, 0.1) is 24.3 Å². The Morgan fingerprint density at radius 3 is 2.73 bits per heavy atom. The van der Waals surface area contributed by atoms with Crippen LogP contribution in [-0.4, -0.2) is 25.6 Å². The number of hydrogen-bond donors (Lipinski definition) is 0. The van der Waals surface area contributed by atoms with E-state index >= 15 is 0 Å². The molecule has 1 aliphatic rings. The number of aliphatic imine (C=N–C) groups is 1. The van der Waals surface area contributed by atoms with E-state index in [9.17, 15) is 4.79 Å². The van der Waals surface area contributed by atoms with E-state index in [4.69, 9.17) is 37.4 Å². The fraction of sp³-hybridized carbons (Fsp3) is 0.158. The molecule has 134 valence electrons. The first-order valence-corrected chi connectivity index (χ1v) is 8.57. The quantitative estimate of drug-likeness (QED) is 0.545. The molecule has 0 fully saturated rings. The van der Waals surface area contributed by atoms with Crippen LogP contribution in [0.2, 0.25) is 10.0 Å². The number of benzene rings is 2. The molecule has 2 aromatic carbocycles. The topological polar surface area (TPSA) is 57.1 Å². The first-order valence-electron chi connectivity index (χ1n) is 7.81. The van der Waals surface area contributed by atoms with E-state index in [-0.39, 0.29) is 11.6 Å². The summed E-state index contributed by atoms with van der Waals surface area (Å²) in [4.78, 5) is 16.5. The molecule has 0 aliphatic carbocycles. The van der Waals surface area contributed by atoms with E-state index in [0.29, 0.717) is 39.3 Å². The maximum absolute atomic E-state index is 12.2. The number of ether oxygens (including phenoxy) is 3. The molecule has 1 heterocycles. The lowest BCUT2D eigenvalue weighted by Crippen LogP contribution is -2.06. The minimum Gasteiger partial charge on any atom is -0.493 e. The van der Waals surface area contributed by atoms with Crippen molar-refractivity contribution < 1.29 is 19.0 Å². The van der Waals surface area contributed by atoms with E-state index in [1.54, 1.807) is 49.6 Å². The standard InChI is InChI=1S/C19H15Cl2NO4/c1-3-25-17-11(5-4-6-16(17)24-2)9-15-19(23)26-18(22-15)13-8-7-12(20)10-14(13)21/h4-10H,3H2,1-2H3/b15-9-. The lowest BCUT2D eigenvalue weighted by molar-refractivity contribution is -0.129. The Balaban J connectivity index is 2.02. The van der Waals surface area contributed by atoms with Crippen LogP contribution in [0, 0.1) is 0 Å². The van der Waals surface area contributed by atoms with Crippen LogP contribution in [0.4, 0.5) is 0 Å². The predicted molar refractivity (Wildman–Crippen MR) is 101 cm³/mol. The maximum Gasteiger partial charge on any atom is 0.363 e. The van der Waals surface area contributed by atoms with Gasteiger partial charge >= 0.3 is 5.97 Å². The highest BCUT2D eigenvalue weighted by atomic mass is 35.5. The number of nitrogens with zero attached hydrogens (tertiary/aromatic N) is 1. The van der Waals surface area contributed by atoms with Crippen LogP contribution in [0.15, 0.2) is 47.1 Å². The van der Waals surface area contributed by atoms with Crippen LogP contribution in [-0.2, 0) is 9.53 Å². The fourth-order valence-corrected chi connectivity index (χ4v) is 2.93. The molecule has 2 aromatic rings. The van der Waals surface area contributed by atoms with Crippen molar-refractivity contribution in [1.29, 1.82) is 0 Å². The van der Waals surface area contributed by atoms with E-state index in [1.807, 2.05) is 6.92 Å². The highest BCUT2D eigenvalue weighted by Gasteiger charge is 2.26.